The Hall–Kier alpha value is -4.19. The zero-order valence-corrected chi connectivity index (χ0v) is 45.2. The van der Waals surface area contributed by atoms with Crippen LogP contribution in [0.1, 0.15) is 245 Å². The average molecular weight is 970 g/mol. The van der Waals surface area contributed by atoms with Gasteiger partial charge in [0.1, 0.15) is 13.2 Å². The molecule has 0 aliphatic carbocycles. The molecule has 0 amide bonds. The first-order chi connectivity index (χ1) is 34.5. The van der Waals surface area contributed by atoms with Gasteiger partial charge >= 0.3 is 17.9 Å². The van der Waals surface area contributed by atoms with Crippen LogP contribution < -0.4 is 0 Å². The van der Waals surface area contributed by atoms with Gasteiger partial charge in [0.2, 0.25) is 0 Å². The molecular weight excluding hydrogens is 865 g/mol. The minimum atomic E-state index is -0.821. The van der Waals surface area contributed by atoms with Gasteiger partial charge in [-0.15, -0.1) is 0 Å². The molecule has 1 atom stereocenters. The second kappa shape index (κ2) is 57.4. The minimum absolute atomic E-state index is 0.111. The first-order valence-corrected chi connectivity index (χ1v) is 28.5. The first kappa shape index (κ1) is 65.8. The summed E-state index contributed by atoms with van der Waals surface area (Å²) in [6, 6.07) is 0. The van der Waals surface area contributed by atoms with E-state index in [-0.39, 0.29) is 31.6 Å². The van der Waals surface area contributed by atoms with E-state index in [0.717, 1.165) is 116 Å². The summed E-state index contributed by atoms with van der Waals surface area (Å²) in [5, 5.41) is 0. The standard InChI is InChI=1S/C64H104O6/c1-4-7-10-13-16-19-22-24-25-26-27-28-29-30-31-32-33-34-35-36-37-38-39-41-42-45-48-51-54-57-63(66)69-60-61(59-68-62(65)56-53-50-47-44-21-18-15-12-9-6-3)70-64(67)58-55-52-49-46-43-40-23-20-17-14-11-8-5-2/h7-8,10-12,15-17,19-20,24-25,27-28,30-31,40,43,49,52,61H,4-6,9,13-14,18,21-23,26,29,32-39,41-42,44-48,50-51,53-60H2,1-3H3/b10-7-,11-8-,15-12-,19-16-,20-17-,25-24-,28-27-,31-30-,43-40-,52-49-. The molecule has 0 N–H and O–H groups in total. The van der Waals surface area contributed by atoms with Gasteiger partial charge in [0.05, 0.1) is 0 Å². The molecule has 0 aliphatic heterocycles. The number of hydrogen-bond donors (Lipinski definition) is 0. The zero-order valence-electron chi connectivity index (χ0n) is 45.2. The lowest BCUT2D eigenvalue weighted by Crippen LogP contribution is -2.30. The summed E-state index contributed by atoms with van der Waals surface area (Å²) in [6.45, 7) is 6.27. The van der Waals surface area contributed by atoms with Crippen molar-refractivity contribution in [2.24, 2.45) is 0 Å². The molecule has 70 heavy (non-hydrogen) atoms. The van der Waals surface area contributed by atoms with Crippen molar-refractivity contribution in [3.8, 4) is 0 Å². The SMILES string of the molecule is CC/C=C\C/C=C\C/C=C\C/C=C\C/C=C\CCCCCCCCCCCCCCCC(=O)OCC(COC(=O)CCCCCCC/C=C\CCC)OC(=O)CC/C=C\C/C=C\C/C=C\C/C=C\CC. The highest BCUT2D eigenvalue weighted by Gasteiger charge is 2.19. The highest BCUT2D eigenvalue weighted by molar-refractivity contribution is 5.71. The third kappa shape index (κ3) is 54.7. The summed E-state index contributed by atoms with van der Waals surface area (Å²) in [7, 11) is 0. The minimum Gasteiger partial charge on any atom is -0.462 e. The molecule has 396 valence electrons. The summed E-state index contributed by atoms with van der Waals surface area (Å²) in [5.74, 6) is -1.01. The van der Waals surface area contributed by atoms with Crippen LogP contribution in [-0.4, -0.2) is 37.2 Å². The Morgan fingerprint density at radius 3 is 0.943 bits per heavy atom. The van der Waals surface area contributed by atoms with Gasteiger partial charge in [0, 0.05) is 19.3 Å². The fraction of sp³-hybridized carbons (Fsp3) is 0.641. The molecule has 1 unspecified atom stereocenters. The van der Waals surface area contributed by atoms with Crippen LogP contribution >= 0.6 is 0 Å². The fourth-order valence-corrected chi connectivity index (χ4v) is 7.48. The van der Waals surface area contributed by atoms with Crippen molar-refractivity contribution < 1.29 is 28.6 Å². The van der Waals surface area contributed by atoms with E-state index in [2.05, 4.69) is 130 Å². The summed E-state index contributed by atoms with van der Waals surface area (Å²) < 4.78 is 16.7. The van der Waals surface area contributed by atoms with Crippen LogP contribution in [0.15, 0.2) is 122 Å². The third-order valence-electron chi connectivity index (χ3n) is 11.7. The van der Waals surface area contributed by atoms with Crippen molar-refractivity contribution in [1.82, 2.24) is 0 Å². The Labute approximate surface area is 431 Å². The molecule has 0 rings (SSSR count). The van der Waals surface area contributed by atoms with Crippen LogP contribution in [0, 0.1) is 0 Å². The fourth-order valence-electron chi connectivity index (χ4n) is 7.48. The molecule has 0 saturated carbocycles. The maximum Gasteiger partial charge on any atom is 0.306 e. The van der Waals surface area contributed by atoms with Crippen LogP contribution in [0.25, 0.3) is 0 Å². The Balaban J connectivity index is 4.22. The number of carbonyl (C=O) groups excluding carboxylic acids is 3. The molecule has 0 aromatic rings. The van der Waals surface area contributed by atoms with Crippen molar-refractivity contribution in [3.05, 3.63) is 122 Å². The van der Waals surface area contributed by atoms with Gasteiger partial charge in [-0.3, -0.25) is 14.4 Å². The normalized spacial score (nSPS) is 13.0. The number of rotatable bonds is 50. The molecular formula is C64H104O6. The number of allylic oxidation sites excluding steroid dienone is 20. The Bertz CT molecular complexity index is 1490. The molecule has 6 nitrogen and oxygen atoms in total. The van der Waals surface area contributed by atoms with Crippen molar-refractivity contribution in [1.29, 1.82) is 0 Å². The number of hydrogen-bond acceptors (Lipinski definition) is 6. The van der Waals surface area contributed by atoms with E-state index in [1.807, 2.05) is 12.2 Å². The molecule has 0 radical (unpaired) electrons. The van der Waals surface area contributed by atoms with Crippen molar-refractivity contribution >= 4 is 17.9 Å². The van der Waals surface area contributed by atoms with Gasteiger partial charge in [0.15, 0.2) is 6.10 Å². The zero-order chi connectivity index (χ0) is 50.7. The van der Waals surface area contributed by atoms with E-state index in [1.165, 1.54) is 83.5 Å². The van der Waals surface area contributed by atoms with E-state index in [1.54, 1.807) is 0 Å². The highest BCUT2D eigenvalue weighted by atomic mass is 16.6. The van der Waals surface area contributed by atoms with E-state index < -0.39 is 12.1 Å². The molecule has 6 heteroatoms. The van der Waals surface area contributed by atoms with E-state index in [4.69, 9.17) is 14.2 Å². The van der Waals surface area contributed by atoms with Crippen molar-refractivity contribution in [2.75, 3.05) is 13.2 Å². The van der Waals surface area contributed by atoms with E-state index in [9.17, 15) is 14.4 Å². The largest absolute Gasteiger partial charge is 0.462 e. The van der Waals surface area contributed by atoms with E-state index in [0.29, 0.717) is 19.3 Å². The second-order valence-electron chi connectivity index (χ2n) is 18.4. The molecule has 0 aromatic carbocycles. The second-order valence-corrected chi connectivity index (χ2v) is 18.4. The topological polar surface area (TPSA) is 78.9 Å². The predicted octanol–water partition coefficient (Wildman–Crippen LogP) is 19.3. The lowest BCUT2D eigenvalue weighted by atomic mass is 10.0. The smallest absolute Gasteiger partial charge is 0.306 e. The van der Waals surface area contributed by atoms with Gasteiger partial charge in [-0.25, -0.2) is 0 Å². The molecule has 0 spiro atoms. The van der Waals surface area contributed by atoms with Crippen LogP contribution in [-0.2, 0) is 28.6 Å². The third-order valence-corrected chi connectivity index (χ3v) is 11.7. The first-order valence-electron chi connectivity index (χ1n) is 28.5. The molecule has 0 aliphatic rings. The monoisotopic (exact) mass is 969 g/mol. The van der Waals surface area contributed by atoms with Crippen LogP contribution in [0.5, 0.6) is 0 Å². The van der Waals surface area contributed by atoms with Crippen LogP contribution in [0.4, 0.5) is 0 Å². The molecule has 0 saturated heterocycles. The number of carbonyl (C=O) groups is 3. The Morgan fingerprint density at radius 2 is 0.586 bits per heavy atom. The molecule has 0 heterocycles. The number of unbranched alkanes of at least 4 members (excludes halogenated alkanes) is 19. The Morgan fingerprint density at radius 1 is 0.300 bits per heavy atom. The summed E-state index contributed by atoms with van der Waals surface area (Å²) in [4.78, 5) is 38.0. The summed E-state index contributed by atoms with van der Waals surface area (Å²) >= 11 is 0. The lowest BCUT2D eigenvalue weighted by molar-refractivity contribution is -0.166. The number of esters is 3. The van der Waals surface area contributed by atoms with Crippen molar-refractivity contribution in [2.45, 2.75) is 252 Å². The van der Waals surface area contributed by atoms with Crippen molar-refractivity contribution in [3.63, 3.8) is 0 Å². The highest BCUT2D eigenvalue weighted by Crippen LogP contribution is 2.15. The summed E-state index contributed by atoms with van der Waals surface area (Å²) in [5.41, 5.74) is 0. The molecule has 0 fully saturated rings. The predicted molar refractivity (Wildman–Crippen MR) is 302 cm³/mol. The maximum atomic E-state index is 12.8. The van der Waals surface area contributed by atoms with Crippen LogP contribution in [0.3, 0.4) is 0 Å². The summed E-state index contributed by atoms with van der Waals surface area (Å²) in [6.07, 6.45) is 79.4. The Kier molecular flexibility index (Phi) is 54.0. The molecule has 0 bridgehead atoms. The van der Waals surface area contributed by atoms with Gasteiger partial charge < -0.3 is 14.2 Å². The van der Waals surface area contributed by atoms with E-state index >= 15 is 0 Å². The lowest BCUT2D eigenvalue weighted by Gasteiger charge is -2.18. The van der Waals surface area contributed by atoms with Crippen LogP contribution in [0.2, 0.25) is 0 Å². The quantitative estimate of drug-likeness (QED) is 0.0262. The van der Waals surface area contributed by atoms with Gasteiger partial charge in [-0.1, -0.05) is 239 Å². The average Bonchev–Trinajstić information content (AvgIpc) is 3.36. The number of ether oxygens (including phenoxy) is 3. The van der Waals surface area contributed by atoms with Gasteiger partial charge in [0.25, 0.3) is 0 Å². The van der Waals surface area contributed by atoms with Gasteiger partial charge in [-0.05, 0) is 109 Å². The maximum absolute atomic E-state index is 12.8. The molecule has 0 aromatic heterocycles. The van der Waals surface area contributed by atoms with Gasteiger partial charge in [-0.2, -0.15) is 0 Å².